The van der Waals surface area contributed by atoms with Gasteiger partial charge in [0.15, 0.2) is 5.82 Å². The molecule has 3 aromatic heterocycles. The number of hydrogen-bond acceptors (Lipinski definition) is 7. The van der Waals surface area contributed by atoms with Crippen molar-refractivity contribution in [3.63, 3.8) is 0 Å². The first-order chi connectivity index (χ1) is 13.6. The molecular weight excluding hydrogens is 366 g/mol. The molecule has 0 aliphatic rings. The molecule has 0 fully saturated rings. The number of fused-ring (bicyclic) bond motifs is 1. The number of hydrogen-bond donors (Lipinski definition) is 1. The van der Waals surface area contributed by atoms with Crippen LogP contribution in [-0.2, 0) is 9.53 Å². The third-order valence-corrected chi connectivity index (χ3v) is 4.27. The molecule has 3 heterocycles. The molecule has 0 atom stereocenters. The molecule has 0 bridgehead atoms. The van der Waals surface area contributed by atoms with Gasteiger partial charge in [0.05, 0.1) is 11.7 Å². The van der Waals surface area contributed by atoms with E-state index in [1.807, 2.05) is 52.8 Å². The van der Waals surface area contributed by atoms with Crippen molar-refractivity contribution in [2.24, 2.45) is 0 Å². The summed E-state index contributed by atoms with van der Waals surface area (Å²) in [7, 11) is 0. The monoisotopic (exact) mass is 393 g/mol. The van der Waals surface area contributed by atoms with E-state index in [0.717, 1.165) is 16.5 Å². The van der Waals surface area contributed by atoms with E-state index in [1.165, 1.54) is 0 Å². The van der Waals surface area contributed by atoms with Crippen LogP contribution in [0.25, 0.3) is 22.3 Å². The van der Waals surface area contributed by atoms with Gasteiger partial charge in [-0.2, -0.15) is 0 Å². The molecule has 0 amide bonds. The first-order valence-corrected chi connectivity index (χ1v) is 9.65. The van der Waals surface area contributed by atoms with Crippen molar-refractivity contribution in [3.05, 3.63) is 43.0 Å². The summed E-state index contributed by atoms with van der Waals surface area (Å²) < 4.78 is 5.42. The van der Waals surface area contributed by atoms with Gasteiger partial charge in [-0.05, 0) is 59.2 Å². The second kappa shape index (κ2) is 8.11. The minimum absolute atomic E-state index is 0.207. The summed E-state index contributed by atoms with van der Waals surface area (Å²) in [6, 6.07) is 5.63. The highest BCUT2D eigenvalue weighted by atomic mass is 16.6. The average Bonchev–Trinajstić information content (AvgIpc) is 2.65. The molecule has 1 N–H and O–H groups in total. The van der Waals surface area contributed by atoms with Crippen molar-refractivity contribution in [1.82, 2.24) is 19.9 Å². The van der Waals surface area contributed by atoms with E-state index < -0.39 is 5.60 Å². The number of carbonyl (C=O) groups excluding carboxylic acids is 1. The van der Waals surface area contributed by atoms with Gasteiger partial charge in [0.25, 0.3) is 0 Å². The normalized spacial score (nSPS) is 12.0. The summed E-state index contributed by atoms with van der Waals surface area (Å²) in [4.78, 5) is 29.7. The number of ether oxygens (including phenoxy) is 1. The molecule has 0 saturated heterocycles. The van der Waals surface area contributed by atoms with Crippen LogP contribution in [0.5, 0.6) is 0 Å². The van der Waals surface area contributed by atoms with Crippen LogP contribution in [-0.4, -0.2) is 37.0 Å². The predicted molar refractivity (Wildman–Crippen MR) is 113 cm³/mol. The van der Waals surface area contributed by atoms with E-state index in [-0.39, 0.29) is 11.5 Å². The van der Waals surface area contributed by atoms with Crippen LogP contribution < -0.4 is 5.32 Å². The standard InChI is InChI=1S/C22H27N5O2/c1-21(2,3)29-18(28)6-10-22(4,5)27-20-16-9-13-24-14-17(16)25-19(26-20)15-7-11-23-12-8-15/h7-9,11-14H,6,10H2,1-5H3,(H,25,26,27). The molecule has 0 spiro atoms. The largest absolute Gasteiger partial charge is 0.460 e. The Morgan fingerprint density at radius 3 is 2.38 bits per heavy atom. The molecule has 7 heteroatoms. The van der Waals surface area contributed by atoms with Gasteiger partial charge in [-0.25, -0.2) is 9.97 Å². The molecule has 0 saturated carbocycles. The average molecular weight is 393 g/mol. The summed E-state index contributed by atoms with van der Waals surface area (Å²) in [6.45, 7) is 9.69. The second-order valence-electron chi connectivity index (χ2n) is 8.62. The van der Waals surface area contributed by atoms with E-state index in [0.29, 0.717) is 24.5 Å². The summed E-state index contributed by atoms with van der Waals surface area (Å²) in [5, 5.41) is 4.37. The minimum atomic E-state index is -0.482. The van der Waals surface area contributed by atoms with E-state index in [2.05, 4.69) is 20.3 Å². The van der Waals surface area contributed by atoms with Crippen LogP contribution in [0.2, 0.25) is 0 Å². The Morgan fingerprint density at radius 1 is 1.00 bits per heavy atom. The Hall–Kier alpha value is -3.09. The number of aromatic nitrogens is 4. The molecule has 29 heavy (non-hydrogen) atoms. The van der Waals surface area contributed by atoms with E-state index in [1.54, 1.807) is 24.8 Å². The highest BCUT2D eigenvalue weighted by Gasteiger charge is 2.24. The van der Waals surface area contributed by atoms with Crippen LogP contribution in [0.1, 0.15) is 47.5 Å². The number of carbonyl (C=O) groups is 1. The fourth-order valence-corrected chi connectivity index (χ4v) is 2.90. The number of rotatable bonds is 6. The molecular formula is C22H27N5O2. The SMILES string of the molecule is CC(C)(CCC(=O)OC(C)(C)C)Nc1nc(-c2ccncc2)nc2cnccc12. The first-order valence-electron chi connectivity index (χ1n) is 9.65. The fraction of sp³-hybridized carbons (Fsp3) is 0.409. The zero-order valence-electron chi connectivity index (χ0n) is 17.6. The van der Waals surface area contributed by atoms with Crippen molar-refractivity contribution < 1.29 is 9.53 Å². The zero-order valence-corrected chi connectivity index (χ0v) is 17.6. The van der Waals surface area contributed by atoms with Gasteiger partial charge >= 0.3 is 5.97 Å². The van der Waals surface area contributed by atoms with Crippen molar-refractivity contribution in [2.75, 3.05) is 5.32 Å². The van der Waals surface area contributed by atoms with Crippen molar-refractivity contribution in [2.45, 2.75) is 58.6 Å². The Morgan fingerprint density at radius 2 is 1.69 bits per heavy atom. The highest BCUT2D eigenvalue weighted by molar-refractivity contribution is 5.90. The molecule has 3 aromatic rings. The third kappa shape index (κ3) is 5.70. The molecule has 0 aromatic carbocycles. The summed E-state index contributed by atoms with van der Waals surface area (Å²) in [6.07, 6.45) is 7.79. The number of nitrogens with one attached hydrogen (secondary N) is 1. The summed E-state index contributed by atoms with van der Waals surface area (Å²) >= 11 is 0. The first kappa shape index (κ1) is 20.6. The lowest BCUT2D eigenvalue weighted by Crippen LogP contribution is -2.33. The second-order valence-corrected chi connectivity index (χ2v) is 8.62. The Bertz CT molecular complexity index is 997. The lowest BCUT2D eigenvalue weighted by Gasteiger charge is -2.28. The molecule has 7 nitrogen and oxygen atoms in total. The number of pyridine rings is 2. The zero-order chi connectivity index (χ0) is 21.1. The fourth-order valence-electron chi connectivity index (χ4n) is 2.90. The van der Waals surface area contributed by atoms with Gasteiger partial charge in [-0.15, -0.1) is 0 Å². The lowest BCUT2D eigenvalue weighted by molar-refractivity contribution is -0.155. The highest BCUT2D eigenvalue weighted by Crippen LogP contribution is 2.28. The Kier molecular flexibility index (Phi) is 5.77. The van der Waals surface area contributed by atoms with E-state index >= 15 is 0 Å². The van der Waals surface area contributed by atoms with Crippen molar-refractivity contribution in [1.29, 1.82) is 0 Å². The van der Waals surface area contributed by atoms with Gasteiger partial charge < -0.3 is 10.1 Å². The van der Waals surface area contributed by atoms with Gasteiger partial charge in [0, 0.05) is 41.5 Å². The molecule has 0 aliphatic carbocycles. The van der Waals surface area contributed by atoms with Crippen LogP contribution in [0.4, 0.5) is 5.82 Å². The maximum absolute atomic E-state index is 12.1. The smallest absolute Gasteiger partial charge is 0.306 e. The number of anilines is 1. The van der Waals surface area contributed by atoms with Crippen molar-refractivity contribution in [3.8, 4) is 11.4 Å². The number of esters is 1. The van der Waals surface area contributed by atoms with Crippen LogP contribution >= 0.6 is 0 Å². The van der Waals surface area contributed by atoms with Gasteiger partial charge in [0.1, 0.15) is 11.4 Å². The Balaban J connectivity index is 1.85. The van der Waals surface area contributed by atoms with Gasteiger partial charge in [-0.3, -0.25) is 14.8 Å². The molecule has 0 radical (unpaired) electrons. The van der Waals surface area contributed by atoms with Crippen LogP contribution in [0.3, 0.4) is 0 Å². The van der Waals surface area contributed by atoms with E-state index in [9.17, 15) is 4.79 Å². The van der Waals surface area contributed by atoms with Gasteiger partial charge in [0.2, 0.25) is 0 Å². The molecule has 3 rings (SSSR count). The molecule has 0 aliphatic heterocycles. The lowest BCUT2D eigenvalue weighted by atomic mass is 9.98. The topological polar surface area (TPSA) is 89.9 Å². The maximum atomic E-state index is 12.1. The third-order valence-electron chi connectivity index (χ3n) is 4.27. The van der Waals surface area contributed by atoms with Crippen molar-refractivity contribution >= 4 is 22.7 Å². The quantitative estimate of drug-likeness (QED) is 0.621. The summed E-state index contributed by atoms with van der Waals surface area (Å²) in [5.41, 5.74) is 0.765. The van der Waals surface area contributed by atoms with Gasteiger partial charge in [-0.1, -0.05) is 0 Å². The van der Waals surface area contributed by atoms with Crippen LogP contribution in [0.15, 0.2) is 43.0 Å². The van der Waals surface area contributed by atoms with Crippen LogP contribution in [0, 0.1) is 0 Å². The Labute approximate surface area is 171 Å². The maximum Gasteiger partial charge on any atom is 0.306 e. The molecule has 152 valence electrons. The predicted octanol–water partition coefficient (Wildman–Crippen LogP) is 4.40. The number of nitrogens with zero attached hydrogens (tertiary/aromatic N) is 4. The van der Waals surface area contributed by atoms with E-state index in [4.69, 9.17) is 9.72 Å². The summed E-state index contributed by atoms with van der Waals surface area (Å²) in [5.74, 6) is 1.10. The minimum Gasteiger partial charge on any atom is -0.460 e. The molecule has 0 unspecified atom stereocenters.